The number of halogens is 3. The molecule has 120 valence electrons. The standard InChI is InChI=1S/C20H19F3/c1-10-3-6-12(7-4-10)14-9-15-13-8-5-11(2)18(21)16(13)17(15)20(23)19(14)22/h5,8-10,12H,3-4,6-7H2,1-2H3. The van der Waals surface area contributed by atoms with E-state index in [1.54, 1.807) is 25.1 Å². The fraction of sp³-hybridized carbons (Fsp3) is 0.400. The molecule has 2 aromatic carbocycles. The molecule has 0 atom stereocenters. The van der Waals surface area contributed by atoms with Crippen LogP contribution >= 0.6 is 0 Å². The first-order valence-corrected chi connectivity index (χ1v) is 8.30. The number of fused-ring (bicyclic) bond motifs is 4. The van der Waals surface area contributed by atoms with E-state index >= 15 is 0 Å². The molecule has 0 spiro atoms. The van der Waals surface area contributed by atoms with E-state index < -0.39 is 17.5 Å². The molecule has 0 saturated heterocycles. The fourth-order valence-corrected chi connectivity index (χ4v) is 4.06. The van der Waals surface area contributed by atoms with E-state index in [0.29, 0.717) is 28.2 Å². The molecule has 0 aliphatic heterocycles. The van der Waals surface area contributed by atoms with E-state index in [4.69, 9.17) is 0 Å². The third-order valence-corrected chi connectivity index (χ3v) is 5.57. The first-order chi connectivity index (χ1) is 11.0. The molecule has 2 aliphatic carbocycles. The Kier molecular flexibility index (Phi) is 3.29. The van der Waals surface area contributed by atoms with Gasteiger partial charge in [-0.15, -0.1) is 0 Å². The van der Waals surface area contributed by atoms with Crippen LogP contribution in [0.25, 0.3) is 22.3 Å². The highest BCUT2D eigenvalue weighted by Gasteiger charge is 2.35. The summed E-state index contributed by atoms with van der Waals surface area (Å²) in [6.07, 6.45) is 3.89. The van der Waals surface area contributed by atoms with Crippen LogP contribution in [0.5, 0.6) is 0 Å². The zero-order chi connectivity index (χ0) is 16.3. The van der Waals surface area contributed by atoms with Gasteiger partial charge in [-0.25, -0.2) is 13.2 Å². The SMILES string of the molecule is Cc1ccc2c(c1F)-c1c-2cc(C2CCC(C)CC2)c(F)c1F. The molecule has 0 nitrogen and oxygen atoms in total. The molecule has 23 heavy (non-hydrogen) atoms. The lowest BCUT2D eigenvalue weighted by atomic mass is 9.74. The van der Waals surface area contributed by atoms with Gasteiger partial charge in [0.1, 0.15) is 5.82 Å². The second kappa shape index (κ2) is 5.12. The van der Waals surface area contributed by atoms with Gasteiger partial charge in [-0.3, -0.25) is 0 Å². The quantitative estimate of drug-likeness (QED) is 0.490. The van der Waals surface area contributed by atoms with Crippen LogP contribution in [-0.4, -0.2) is 0 Å². The van der Waals surface area contributed by atoms with Crippen LogP contribution in [0.2, 0.25) is 0 Å². The van der Waals surface area contributed by atoms with Crippen molar-refractivity contribution in [3.63, 3.8) is 0 Å². The van der Waals surface area contributed by atoms with Crippen molar-refractivity contribution in [3.05, 3.63) is 46.8 Å². The molecule has 0 unspecified atom stereocenters. The Morgan fingerprint density at radius 3 is 2.17 bits per heavy atom. The average molecular weight is 316 g/mol. The van der Waals surface area contributed by atoms with Crippen molar-refractivity contribution in [2.75, 3.05) is 0 Å². The molecular formula is C20H19F3. The first kappa shape index (κ1) is 14.8. The molecule has 1 fully saturated rings. The highest BCUT2D eigenvalue weighted by molar-refractivity contribution is 6.03. The summed E-state index contributed by atoms with van der Waals surface area (Å²) >= 11 is 0. The van der Waals surface area contributed by atoms with Gasteiger partial charge in [0.15, 0.2) is 11.6 Å². The normalized spacial score (nSPS) is 22.3. The second-order valence-electron chi connectivity index (χ2n) is 7.09. The molecular weight excluding hydrogens is 297 g/mol. The Labute approximate surface area is 134 Å². The summed E-state index contributed by atoms with van der Waals surface area (Å²) in [6.45, 7) is 3.84. The number of hydrogen-bond donors (Lipinski definition) is 0. The lowest BCUT2D eigenvalue weighted by molar-refractivity contribution is 0.339. The van der Waals surface area contributed by atoms with E-state index in [1.165, 1.54) is 0 Å². The third kappa shape index (κ3) is 2.05. The molecule has 0 heterocycles. The largest absolute Gasteiger partial charge is 0.206 e. The topological polar surface area (TPSA) is 0 Å². The molecule has 0 N–H and O–H groups in total. The zero-order valence-electron chi connectivity index (χ0n) is 13.3. The van der Waals surface area contributed by atoms with Gasteiger partial charge in [0.25, 0.3) is 0 Å². The number of benzene rings is 2. The molecule has 2 aliphatic rings. The van der Waals surface area contributed by atoms with E-state index in [0.717, 1.165) is 25.7 Å². The predicted octanol–water partition coefficient (Wildman–Crippen LogP) is 6.35. The highest BCUT2D eigenvalue weighted by atomic mass is 19.2. The number of aryl methyl sites for hydroxylation is 1. The van der Waals surface area contributed by atoms with Crippen LogP contribution in [0.4, 0.5) is 13.2 Å². The molecule has 0 bridgehead atoms. The lowest BCUT2D eigenvalue weighted by Crippen LogP contribution is -2.15. The summed E-state index contributed by atoms with van der Waals surface area (Å²) in [7, 11) is 0. The zero-order valence-corrected chi connectivity index (χ0v) is 13.3. The first-order valence-electron chi connectivity index (χ1n) is 8.30. The van der Waals surface area contributed by atoms with Crippen LogP contribution in [0.15, 0.2) is 18.2 Å². The van der Waals surface area contributed by atoms with Crippen molar-refractivity contribution < 1.29 is 13.2 Å². The summed E-state index contributed by atoms with van der Waals surface area (Å²) in [5.41, 5.74) is 2.64. The maximum Gasteiger partial charge on any atom is 0.167 e. The summed E-state index contributed by atoms with van der Waals surface area (Å²) in [4.78, 5) is 0. The maximum atomic E-state index is 14.6. The Bertz CT molecular complexity index is 799. The molecule has 0 aromatic heterocycles. The van der Waals surface area contributed by atoms with Gasteiger partial charge in [-0.1, -0.05) is 31.9 Å². The van der Waals surface area contributed by atoms with Crippen molar-refractivity contribution in [2.45, 2.75) is 45.4 Å². The van der Waals surface area contributed by atoms with Crippen molar-refractivity contribution in [1.82, 2.24) is 0 Å². The van der Waals surface area contributed by atoms with Crippen LogP contribution in [0.1, 0.15) is 49.7 Å². The van der Waals surface area contributed by atoms with E-state index in [-0.39, 0.29) is 17.0 Å². The predicted molar refractivity (Wildman–Crippen MR) is 85.9 cm³/mol. The molecule has 3 heteroatoms. The highest BCUT2D eigenvalue weighted by Crippen LogP contribution is 2.53. The summed E-state index contributed by atoms with van der Waals surface area (Å²) in [5.74, 6) is -1.37. The Morgan fingerprint density at radius 1 is 0.826 bits per heavy atom. The number of rotatable bonds is 1. The van der Waals surface area contributed by atoms with E-state index in [2.05, 4.69) is 6.92 Å². The van der Waals surface area contributed by atoms with Gasteiger partial charge in [0, 0.05) is 11.1 Å². The minimum Gasteiger partial charge on any atom is -0.206 e. The van der Waals surface area contributed by atoms with Crippen molar-refractivity contribution in [1.29, 1.82) is 0 Å². The Hall–Kier alpha value is -1.77. The Morgan fingerprint density at radius 2 is 1.48 bits per heavy atom. The van der Waals surface area contributed by atoms with Crippen LogP contribution in [-0.2, 0) is 0 Å². The fourth-order valence-electron chi connectivity index (χ4n) is 4.06. The summed E-state index contributed by atoms with van der Waals surface area (Å²) in [5, 5.41) is 0. The van der Waals surface area contributed by atoms with E-state index in [9.17, 15) is 13.2 Å². The molecule has 4 rings (SSSR count). The smallest absolute Gasteiger partial charge is 0.167 e. The van der Waals surface area contributed by atoms with Crippen molar-refractivity contribution in [3.8, 4) is 22.3 Å². The summed E-state index contributed by atoms with van der Waals surface area (Å²) < 4.78 is 43.4. The van der Waals surface area contributed by atoms with E-state index in [1.807, 2.05) is 0 Å². The van der Waals surface area contributed by atoms with Gasteiger partial charge >= 0.3 is 0 Å². The number of hydrogen-bond acceptors (Lipinski definition) is 0. The third-order valence-electron chi connectivity index (χ3n) is 5.57. The van der Waals surface area contributed by atoms with Gasteiger partial charge in [0.2, 0.25) is 0 Å². The minimum atomic E-state index is -0.881. The maximum absolute atomic E-state index is 14.6. The summed E-state index contributed by atoms with van der Waals surface area (Å²) in [6, 6.07) is 5.26. The van der Waals surface area contributed by atoms with Gasteiger partial charge in [-0.2, -0.15) is 0 Å². The Balaban J connectivity index is 1.81. The molecule has 0 radical (unpaired) electrons. The van der Waals surface area contributed by atoms with Crippen LogP contribution in [0, 0.1) is 30.3 Å². The minimum absolute atomic E-state index is 0.0744. The van der Waals surface area contributed by atoms with Crippen molar-refractivity contribution in [2.24, 2.45) is 5.92 Å². The monoisotopic (exact) mass is 316 g/mol. The second-order valence-corrected chi connectivity index (χ2v) is 7.09. The van der Waals surface area contributed by atoms with Crippen LogP contribution in [0.3, 0.4) is 0 Å². The van der Waals surface area contributed by atoms with Gasteiger partial charge in [-0.05, 0) is 59.9 Å². The average Bonchev–Trinajstić information content (AvgIpc) is 2.52. The van der Waals surface area contributed by atoms with Crippen LogP contribution < -0.4 is 0 Å². The molecule has 1 saturated carbocycles. The van der Waals surface area contributed by atoms with Crippen molar-refractivity contribution >= 4 is 0 Å². The lowest BCUT2D eigenvalue weighted by Gasteiger charge is -2.31. The molecule has 2 aromatic rings. The van der Waals surface area contributed by atoms with Gasteiger partial charge in [0.05, 0.1) is 0 Å². The molecule has 0 amide bonds. The van der Waals surface area contributed by atoms with Gasteiger partial charge < -0.3 is 0 Å².